The van der Waals surface area contributed by atoms with Gasteiger partial charge >= 0.3 is 0 Å². The van der Waals surface area contributed by atoms with Crippen LogP contribution >= 0.6 is 0 Å². The van der Waals surface area contributed by atoms with Gasteiger partial charge in [-0.15, -0.1) is 0 Å². The van der Waals surface area contributed by atoms with Gasteiger partial charge in [-0.3, -0.25) is 0 Å². The van der Waals surface area contributed by atoms with Gasteiger partial charge in [0.05, 0.1) is 6.54 Å². The molecule has 1 atom stereocenters. The molecule has 1 aromatic rings. The Hall–Kier alpha value is -0.900. The molecule has 86 valence electrons. The van der Waals surface area contributed by atoms with Crippen molar-refractivity contribution in [3.63, 3.8) is 0 Å². The highest BCUT2D eigenvalue weighted by atomic mass is 16.5. The second-order valence-corrected chi connectivity index (χ2v) is 4.39. The predicted molar refractivity (Wildman–Crippen MR) is 59.4 cm³/mol. The van der Waals surface area contributed by atoms with Gasteiger partial charge in [0.25, 0.3) is 0 Å². The fourth-order valence-electron chi connectivity index (χ4n) is 1.22. The first-order valence-corrected chi connectivity index (χ1v) is 5.66. The lowest BCUT2D eigenvalue weighted by Gasteiger charge is -2.07. The Kier molecular flexibility index (Phi) is 4.75. The molecule has 15 heavy (non-hydrogen) atoms. The summed E-state index contributed by atoms with van der Waals surface area (Å²) < 4.78 is 5.14. The highest BCUT2D eigenvalue weighted by Crippen LogP contribution is 2.04. The molecule has 0 saturated heterocycles. The van der Waals surface area contributed by atoms with Crippen LogP contribution in [-0.4, -0.2) is 16.2 Å². The summed E-state index contributed by atoms with van der Waals surface area (Å²) in [4.78, 5) is 4.32. The van der Waals surface area contributed by atoms with Crippen molar-refractivity contribution in [2.75, 3.05) is 0 Å². The molecule has 0 bridgehead atoms. The van der Waals surface area contributed by atoms with E-state index in [0.29, 0.717) is 24.4 Å². The van der Waals surface area contributed by atoms with Crippen LogP contribution in [0.2, 0.25) is 0 Å². The van der Waals surface area contributed by atoms with E-state index in [-0.39, 0.29) is 0 Å². The molecule has 0 spiro atoms. The zero-order valence-corrected chi connectivity index (χ0v) is 10.1. The third kappa shape index (κ3) is 4.42. The van der Waals surface area contributed by atoms with Crippen molar-refractivity contribution in [1.82, 2.24) is 15.5 Å². The molecule has 1 unspecified atom stereocenters. The fourth-order valence-corrected chi connectivity index (χ4v) is 1.22. The largest absolute Gasteiger partial charge is 0.338 e. The van der Waals surface area contributed by atoms with E-state index in [4.69, 9.17) is 4.52 Å². The quantitative estimate of drug-likeness (QED) is 0.783. The molecule has 0 amide bonds. The molecule has 0 saturated carbocycles. The zero-order chi connectivity index (χ0) is 11.3. The maximum Gasteiger partial charge on any atom is 0.240 e. The van der Waals surface area contributed by atoms with E-state index in [9.17, 15) is 0 Å². The predicted octanol–water partition coefficient (Wildman–Crippen LogP) is 2.16. The van der Waals surface area contributed by atoms with Crippen LogP contribution in [0.3, 0.4) is 0 Å². The average Bonchev–Trinajstić information content (AvgIpc) is 2.61. The lowest BCUT2D eigenvalue weighted by molar-refractivity contribution is 0.352. The third-order valence-electron chi connectivity index (χ3n) is 2.32. The van der Waals surface area contributed by atoms with Gasteiger partial charge in [0.1, 0.15) is 0 Å². The molecule has 1 aromatic heterocycles. The van der Waals surface area contributed by atoms with E-state index in [1.807, 2.05) is 0 Å². The second-order valence-electron chi connectivity index (χ2n) is 4.39. The zero-order valence-electron chi connectivity index (χ0n) is 10.1. The standard InChI is InChI=1S/C11H21N3O/c1-5-9(4)12-7-11-13-10(14-15-11)6-8(2)3/h8-9,12H,5-7H2,1-4H3. The summed E-state index contributed by atoms with van der Waals surface area (Å²) >= 11 is 0. The maximum atomic E-state index is 5.14. The summed E-state index contributed by atoms with van der Waals surface area (Å²) in [5.41, 5.74) is 0. The SMILES string of the molecule is CCC(C)NCc1nc(CC(C)C)no1. The number of rotatable bonds is 6. The highest BCUT2D eigenvalue weighted by Gasteiger charge is 2.08. The Morgan fingerprint density at radius 1 is 1.33 bits per heavy atom. The molecular weight excluding hydrogens is 190 g/mol. The molecule has 1 rings (SSSR count). The summed E-state index contributed by atoms with van der Waals surface area (Å²) in [5.74, 6) is 2.06. The van der Waals surface area contributed by atoms with E-state index in [0.717, 1.165) is 18.7 Å². The minimum absolute atomic E-state index is 0.491. The fraction of sp³-hybridized carbons (Fsp3) is 0.818. The molecule has 1 N–H and O–H groups in total. The first-order chi connectivity index (χ1) is 7.11. The van der Waals surface area contributed by atoms with Crippen molar-refractivity contribution in [2.45, 2.75) is 53.1 Å². The average molecular weight is 211 g/mol. The van der Waals surface area contributed by atoms with Crippen molar-refractivity contribution in [2.24, 2.45) is 5.92 Å². The van der Waals surface area contributed by atoms with Gasteiger partial charge in [-0.1, -0.05) is 25.9 Å². The summed E-state index contributed by atoms with van der Waals surface area (Å²) in [6, 6.07) is 0.491. The van der Waals surface area contributed by atoms with Gasteiger partial charge in [0.15, 0.2) is 5.82 Å². The lowest BCUT2D eigenvalue weighted by atomic mass is 10.1. The van der Waals surface area contributed by atoms with E-state index in [1.54, 1.807) is 0 Å². The van der Waals surface area contributed by atoms with Gasteiger partial charge < -0.3 is 9.84 Å². The van der Waals surface area contributed by atoms with E-state index in [2.05, 4.69) is 43.2 Å². The number of nitrogens with one attached hydrogen (secondary N) is 1. The number of nitrogens with zero attached hydrogens (tertiary/aromatic N) is 2. The maximum absolute atomic E-state index is 5.14. The Balaban J connectivity index is 2.39. The molecule has 0 fully saturated rings. The van der Waals surface area contributed by atoms with Gasteiger partial charge in [-0.25, -0.2) is 0 Å². The van der Waals surface area contributed by atoms with Crippen LogP contribution in [0, 0.1) is 5.92 Å². The molecule has 0 aromatic carbocycles. The van der Waals surface area contributed by atoms with Crippen LogP contribution < -0.4 is 5.32 Å². The molecule has 1 heterocycles. The molecule has 4 nitrogen and oxygen atoms in total. The summed E-state index contributed by atoms with van der Waals surface area (Å²) in [6.07, 6.45) is 1.99. The summed E-state index contributed by atoms with van der Waals surface area (Å²) in [7, 11) is 0. The normalized spacial score (nSPS) is 13.4. The Morgan fingerprint density at radius 2 is 2.07 bits per heavy atom. The highest BCUT2D eigenvalue weighted by molar-refractivity contribution is 4.87. The smallest absolute Gasteiger partial charge is 0.240 e. The van der Waals surface area contributed by atoms with E-state index in [1.165, 1.54) is 0 Å². The minimum Gasteiger partial charge on any atom is -0.338 e. The molecular formula is C11H21N3O. The Labute approximate surface area is 91.5 Å². The minimum atomic E-state index is 0.491. The third-order valence-corrected chi connectivity index (χ3v) is 2.32. The van der Waals surface area contributed by atoms with Crippen molar-refractivity contribution in [3.8, 4) is 0 Å². The van der Waals surface area contributed by atoms with Gasteiger partial charge in [-0.2, -0.15) is 4.98 Å². The van der Waals surface area contributed by atoms with Crippen molar-refractivity contribution < 1.29 is 4.52 Å². The van der Waals surface area contributed by atoms with E-state index < -0.39 is 0 Å². The second kappa shape index (κ2) is 5.85. The van der Waals surface area contributed by atoms with Crippen molar-refractivity contribution >= 4 is 0 Å². The molecule has 0 aliphatic carbocycles. The van der Waals surface area contributed by atoms with Crippen molar-refractivity contribution in [1.29, 1.82) is 0 Å². The first kappa shape index (κ1) is 12.2. The van der Waals surface area contributed by atoms with Crippen LogP contribution in [0.5, 0.6) is 0 Å². The van der Waals surface area contributed by atoms with Crippen LogP contribution in [-0.2, 0) is 13.0 Å². The van der Waals surface area contributed by atoms with Crippen LogP contribution in [0.15, 0.2) is 4.52 Å². The van der Waals surface area contributed by atoms with Crippen LogP contribution in [0.4, 0.5) is 0 Å². The molecule has 0 aliphatic heterocycles. The van der Waals surface area contributed by atoms with Gasteiger partial charge in [0.2, 0.25) is 5.89 Å². The molecule has 0 radical (unpaired) electrons. The van der Waals surface area contributed by atoms with Crippen LogP contribution in [0.25, 0.3) is 0 Å². The Bertz CT molecular complexity index is 283. The number of hydrogen-bond acceptors (Lipinski definition) is 4. The summed E-state index contributed by atoms with van der Waals surface area (Å²) in [5, 5.41) is 7.25. The van der Waals surface area contributed by atoms with Gasteiger partial charge in [0, 0.05) is 12.5 Å². The topological polar surface area (TPSA) is 51.0 Å². The monoisotopic (exact) mass is 211 g/mol. The molecule has 0 aliphatic rings. The number of hydrogen-bond donors (Lipinski definition) is 1. The number of aromatic nitrogens is 2. The van der Waals surface area contributed by atoms with Crippen LogP contribution in [0.1, 0.15) is 45.8 Å². The van der Waals surface area contributed by atoms with E-state index >= 15 is 0 Å². The molecule has 4 heteroatoms. The van der Waals surface area contributed by atoms with Crippen molar-refractivity contribution in [3.05, 3.63) is 11.7 Å². The first-order valence-electron chi connectivity index (χ1n) is 5.66. The van der Waals surface area contributed by atoms with Gasteiger partial charge in [-0.05, 0) is 19.3 Å². The Morgan fingerprint density at radius 3 is 2.67 bits per heavy atom. The lowest BCUT2D eigenvalue weighted by Crippen LogP contribution is -2.24. The summed E-state index contributed by atoms with van der Waals surface area (Å²) in [6.45, 7) is 9.25.